The number of phenolic OH excluding ortho intramolecular Hbond substituents is 1. The monoisotopic (exact) mass is 161 g/mol. The van der Waals surface area contributed by atoms with E-state index in [2.05, 4.69) is 11.4 Å². The smallest absolute Gasteiger partial charge is 0.139 e. The lowest BCUT2D eigenvalue weighted by molar-refractivity contribution is 0.477. The van der Waals surface area contributed by atoms with Crippen molar-refractivity contribution in [1.82, 2.24) is 0 Å². The van der Waals surface area contributed by atoms with Gasteiger partial charge in [-0.15, -0.1) is 0 Å². The number of phenols is 1. The van der Waals surface area contributed by atoms with Crippen molar-refractivity contribution in [2.45, 2.75) is 6.92 Å². The number of hydrogen-bond donors (Lipinski definition) is 2. The van der Waals surface area contributed by atoms with Crippen LogP contribution in [-0.2, 0) is 0 Å². The molecule has 62 valence electrons. The molecule has 2 rings (SSSR count). The van der Waals surface area contributed by atoms with Gasteiger partial charge in [0.15, 0.2) is 0 Å². The molecule has 1 aromatic carbocycles. The van der Waals surface area contributed by atoms with E-state index in [1.54, 1.807) is 6.07 Å². The fourth-order valence-corrected chi connectivity index (χ4v) is 1.45. The summed E-state index contributed by atoms with van der Waals surface area (Å²) < 4.78 is 0. The third kappa shape index (κ3) is 0.961. The van der Waals surface area contributed by atoms with Crippen molar-refractivity contribution < 1.29 is 5.11 Å². The van der Waals surface area contributed by atoms with Crippen molar-refractivity contribution >= 4 is 11.8 Å². The number of hydrogen-bond acceptors (Lipinski definition) is 2. The van der Waals surface area contributed by atoms with Crippen LogP contribution in [0, 0.1) is 6.92 Å². The Balaban J connectivity index is 2.67. The Morgan fingerprint density at radius 3 is 3.00 bits per heavy atom. The van der Waals surface area contributed by atoms with Gasteiger partial charge in [-0.1, -0.05) is 18.2 Å². The van der Waals surface area contributed by atoms with Crippen LogP contribution in [0.15, 0.2) is 18.2 Å². The molecule has 2 nitrogen and oxygen atoms in total. The number of rotatable bonds is 0. The maximum atomic E-state index is 9.48. The highest BCUT2D eigenvalue weighted by Crippen LogP contribution is 2.32. The Kier molecular flexibility index (Phi) is 1.54. The second kappa shape index (κ2) is 2.55. The van der Waals surface area contributed by atoms with E-state index >= 15 is 0 Å². The average Bonchev–Trinajstić information content (AvgIpc) is 2.12. The van der Waals surface area contributed by atoms with E-state index in [1.807, 2.05) is 19.1 Å². The van der Waals surface area contributed by atoms with Crippen LogP contribution >= 0.6 is 0 Å². The minimum Gasteiger partial charge on any atom is -0.506 e. The Morgan fingerprint density at radius 2 is 2.25 bits per heavy atom. The molecule has 0 atom stereocenters. The van der Waals surface area contributed by atoms with Gasteiger partial charge in [-0.3, -0.25) is 0 Å². The van der Waals surface area contributed by atoms with Crippen LogP contribution in [0.4, 0.5) is 5.69 Å². The summed E-state index contributed by atoms with van der Waals surface area (Å²) in [5.41, 5.74) is 3.14. The zero-order chi connectivity index (χ0) is 8.55. The number of aryl methyl sites for hydroxylation is 1. The van der Waals surface area contributed by atoms with Crippen molar-refractivity contribution in [2.24, 2.45) is 0 Å². The lowest BCUT2D eigenvalue weighted by atomic mass is 10.0. The zero-order valence-electron chi connectivity index (χ0n) is 6.96. The Labute approximate surface area is 71.5 Å². The molecule has 12 heavy (non-hydrogen) atoms. The number of benzene rings is 1. The number of aromatic hydroxyl groups is 1. The molecule has 0 aliphatic carbocycles. The first-order valence-electron chi connectivity index (χ1n) is 4.02. The minimum absolute atomic E-state index is 0.333. The van der Waals surface area contributed by atoms with Crippen molar-refractivity contribution in [3.8, 4) is 5.75 Å². The summed E-state index contributed by atoms with van der Waals surface area (Å²) >= 11 is 0. The molecule has 0 fully saturated rings. The Hall–Kier alpha value is -1.44. The number of nitrogens with one attached hydrogen (secondary N) is 1. The molecule has 2 N–H and O–H groups in total. The van der Waals surface area contributed by atoms with E-state index in [4.69, 9.17) is 0 Å². The summed E-state index contributed by atoms with van der Waals surface area (Å²) in [7, 11) is 0. The summed E-state index contributed by atoms with van der Waals surface area (Å²) in [6.45, 7) is 2.83. The third-order valence-electron chi connectivity index (χ3n) is 2.12. The fraction of sp³-hybridized carbons (Fsp3) is 0.200. The quantitative estimate of drug-likeness (QED) is 0.571. The molecule has 0 bridgehead atoms. The molecule has 0 aromatic heterocycles. The SMILES string of the molecule is Cc1ccc(O)c2c1C=CCN2. The van der Waals surface area contributed by atoms with Gasteiger partial charge in [-0.25, -0.2) is 0 Å². The van der Waals surface area contributed by atoms with E-state index in [9.17, 15) is 5.11 Å². The van der Waals surface area contributed by atoms with Crippen LogP contribution < -0.4 is 5.32 Å². The number of fused-ring (bicyclic) bond motifs is 1. The molecule has 0 saturated heterocycles. The molecule has 1 aromatic rings. The van der Waals surface area contributed by atoms with Crippen LogP contribution in [0.3, 0.4) is 0 Å². The summed E-state index contributed by atoms with van der Waals surface area (Å²) in [6, 6.07) is 3.64. The lowest BCUT2D eigenvalue weighted by Crippen LogP contribution is -2.05. The first kappa shape index (κ1) is 7.22. The zero-order valence-corrected chi connectivity index (χ0v) is 6.96. The maximum Gasteiger partial charge on any atom is 0.139 e. The van der Waals surface area contributed by atoms with Gasteiger partial charge < -0.3 is 10.4 Å². The maximum absolute atomic E-state index is 9.48. The predicted octanol–water partition coefficient (Wildman–Crippen LogP) is 2.14. The summed E-state index contributed by atoms with van der Waals surface area (Å²) in [5.74, 6) is 0.333. The summed E-state index contributed by atoms with van der Waals surface area (Å²) in [6.07, 6.45) is 4.09. The van der Waals surface area contributed by atoms with E-state index < -0.39 is 0 Å². The van der Waals surface area contributed by atoms with Gasteiger partial charge in [0, 0.05) is 12.1 Å². The van der Waals surface area contributed by atoms with Crippen molar-refractivity contribution in [2.75, 3.05) is 11.9 Å². The first-order valence-corrected chi connectivity index (χ1v) is 4.02. The van der Waals surface area contributed by atoms with E-state index in [0.717, 1.165) is 17.8 Å². The molecule has 0 radical (unpaired) electrons. The standard InChI is InChI=1S/C10H11NO/c1-7-4-5-9(12)10-8(7)3-2-6-11-10/h2-5,11-12H,6H2,1H3. The summed E-state index contributed by atoms with van der Waals surface area (Å²) in [5, 5.41) is 12.6. The Morgan fingerprint density at radius 1 is 1.42 bits per heavy atom. The lowest BCUT2D eigenvalue weighted by Gasteiger charge is -2.16. The molecule has 0 spiro atoms. The van der Waals surface area contributed by atoms with Gasteiger partial charge in [0.05, 0.1) is 5.69 Å². The van der Waals surface area contributed by atoms with Crippen molar-refractivity contribution in [3.05, 3.63) is 29.3 Å². The van der Waals surface area contributed by atoms with Gasteiger partial charge in [0.2, 0.25) is 0 Å². The minimum atomic E-state index is 0.333. The second-order valence-electron chi connectivity index (χ2n) is 2.97. The predicted molar refractivity (Wildman–Crippen MR) is 50.4 cm³/mol. The molecule has 1 aliphatic heterocycles. The Bertz CT molecular complexity index is 342. The van der Waals surface area contributed by atoms with Crippen molar-refractivity contribution in [3.63, 3.8) is 0 Å². The average molecular weight is 161 g/mol. The van der Waals surface area contributed by atoms with Crippen molar-refractivity contribution in [1.29, 1.82) is 0 Å². The number of anilines is 1. The van der Waals surface area contributed by atoms with E-state index in [1.165, 1.54) is 5.56 Å². The molecule has 0 amide bonds. The highest BCUT2D eigenvalue weighted by Gasteiger charge is 2.09. The molecule has 0 saturated carbocycles. The second-order valence-corrected chi connectivity index (χ2v) is 2.97. The normalized spacial score (nSPS) is 13.8. The largest absolute Gasteiger partial charge is 0.506 e. The van der Waals surface area contributed by atoms with Crippen LogP contribution in [0.25, 0.3) is 6.08 Å². The molecule has 0 unspecified atom stereocenters. The van der Waals surface area contributed by atoms with Gasteiger partial charge in [-0.2, -0.15) is 0 Å². The molecule has 1 heterocycles. The molecule has 2 heteroatoms. The summed E-state index contributed by atoms with van der Waals surface area (Å²) in [4.78, 5) is 0. The third-order valence-corrected chi connectivity index (χ3v) is 2.12. The first-order chi connectivity index (χ1) is 5.79. The fourth-order valence-electron chi connectivity index (χ4n) is 1.45. The topological polar surface area (TPSA) is 32.3 Å². The van der Waals surface area contributed by atoms with E-state index in [-0.39, 0.29) is 0 Å². The van der Waals surface area contributed by atoms with Crippen LogP contribution in [0.1, 0.15) is 11.1 Å². The molecule has 1 aliphatic rings. The van der Waals surface area contributed by atoms with Gasteiger partial charge in [0.1, 0.15) is 5.75 Å². The van der Waals surface area contributed by atoms with Gasteiger partial charge >= 0.3 is 0 Å². The van der Waals surface area contributed by atoms with Crippen LogP contribution in [0.2, 0.25) is 0 Å². The van der Waals surface area contributed by atoms with Gasteiger partial charge in [-0.05, 0) is 18.6 Å². The highest BCUT2D eigenvalue weighted by molar-refractivity contribution is 5.77. The van der Waals surface area contributed by atoms with E-state index in [0.29, 0.717) is 5.75 Å². The van der Waals surface area contributed by atoms with Gasteiger partial charge in [0.25, 0.3) is 0 Å². The molecular formula is C10H11NO. The molecular weight excluding hydrogens is 150 g/mol. The van der Waals surface area contributed by atoms with Crippen LogP contribution in [0.5, 0.6) is 5.75 Å². The van der Waals surface area contributed by atoms with Crippen LogP contribution in [-0.4, -0.2) is 11.7 Å². The highest BCUT2D eigenvalue weighted by atomic mass is 16.3.